The molecular formula is C26H28N4O7S. The number of hydrogen-bond acceptors (Lipinski definition) is 11. The number of hydrogen-bond donors (Lipinski definition) is 0. The number of nitrogens with zero attached hydrogens (tertiary/aromatic N) is 4. The lowest BCUT2D eigenvalue weighted by atomic mass is 10.1. The Balaban J connectivity index is 1.69. The Labute approximate surface area is 223 Å². The third kappa shape index (κ3) is 6.38. The molecule has 2 heterocycles. The molecule has 0 aliphatic carbocycles. The zero-order chi connectivity index (χ0) is 26.9. The average Bonchev–Trinajstić information content (AvgIpc) is 3.52. The van der Waals surface area contributed by atoms with E-state index < -0.39 is 5.97 Å². The van der Waals surface area contributed by atoms with E-state index in [1.165, 1.54) is 11.8 Å². The molecule has 12 heteroatoms. The van der Waals surface area contributed by atoms with Crippen LogP contribution in [0.15, 0.2) is 36.4 Å². The van der Waals surface area contributed by atoms with Crippen LogP contribution >= 0.6 is 11.7 Å². The highest BCUT2D eigenvalue weighted by Crippen LogP contribution is 2.34. The van der Waals surface area contributed by atoms with Gasteiger partial charge in [0.05, 0.1) is 44.2 Å². The molecule has 2 aromatic carbocycles. The van der Waals surface area contributed by atoms with Crippen molar-refractivity contribution in [3.05, 3.63) is 53.1 Å². The lowest BCUT2D eigenvalue weighted by molar-refractivity contribution is -0.145. The summed E-state index contributed by atoms with van der Waals surface area (Å²) in [5, 5.41) is 4.62. The van der Waals surface area contributed by atoms with Gasteiger partial charge in [0.2, 0.25) is 11.8 Å². The molecular weight excluding hydrogens is 512 g/mol. The maximum Gasteiger partial charge on any atom is 0.344 e. The first-order valence-electron chi connectivity index (χ1n) is 12.1. The van der Waals surface area contributed by atoms with E-state index in [0.717, 1.165) is 34.7 Å². The van der Waals surface area contributed by atoms with Crippen LogP contribution in [0.5, 0.6) is 23.3 Å². The molecule has 0 spiro atoms. The molecule has 4 aromatic rings. The molecule has 0 aliphatic heterocycles. The van der Waals surface area contributed by atoms with Crippen LogP contribution in [0.25, 0.3) is 11.0 Å². The van der Waals surface area contributed by atoms with Gasteiger partial charge in [-0.05, 0) is 43.2 Å². The number of carbonyl (C=O) groups excluding carboxylic acids is 2. The maximum absolute atomic E-state index is 11.9. The third-order valence-corrected chi connectivity index (χ3v) is 6.07. The van der Waals surface area contributed by atoms with Gasteiger partial charge in [-0.2, -0.15) is 8.75 Å². The van der Waals surface area contributed by atoms with E-state index in [1.54, 1.807) is 25.1 Å². The Morgan fingerprint density at radius 1 is 1.08 bits per heavy atom. The second-order valence-electron chi connectivity index (χ2n) is 8.14. The van der Waals surface area contributed by atoms with Crippen molar-refractivity contribution in [2.75, 3.05) is 26.9 Å². The summed E-state index contributed by atoms with van der Waals surface area (Å²) in [5.41, 5.74) is 3.84. The Morgan fingerprint density at radius 3 is 2.68 bits per heavy atom. The monoisotopic (exact) mass is 540 g/mol. The van der Waals surface area contributed by atoms with E-state index in [0.29, 0.717) is 48.0 Å². The first-order valence-corrected chi connectivity index (χ1v) is 12.8. The first kappa shape index (κ1) is 26.9. The fourth-order valence-electron chi connectivity index (χ4n) is 3.78. The molecule has 38 heavy (non-hydrogen) atoms. The van der Waals surface area contributed by atoms with E-state index in [1.807, 2.05) is 25.1 Å². The maximum atomic E-state index is 11.9. The highest BCUT2D eigenvalue weighted by atomic mass is 32.1. The Hall–Kier alpha value is -4.19. The van der Waals surface area contributed by atoms with Gasteiger partial charge in [0.15, 0.2) is 6.61 Å². The van der Waals surface area contributed by atoms with Crippen molar-refractivity contribution >= 4 is 35.2 Å². The van der Waals surface area contributed by atoms with Crippen LogP contribution in [0.4, 0.5) is 0 Å². The van der Waals surface area contributed by atoms with Crippen molar-refractivity contribution in [3.8, 4) is 23.3 Å². The summed E-state index contributed by atoms with van der Waals surface area (Å²) in [4.78, 5) is 23.4. The zero-order valence-corrected chi connectivity index (χ0v) is 22.2. The molecule has 0 saturated carbocycles. The van der Waals surface area contributed by atoms with Crippen molar-refractivity contribution in [3.63, 3.8) is 0 Å². The number of fused-ring (bicyclic) bond motifs is 1. The average molecular weight is 541 g/mol. The quantitative estimate of drug-likeness (QED) is 0.172. The highest BCUT2D eigenvalue weighted by Gasteiger charge is 2.23. The Morgan fingerprint density at radius 2 is 1.92 bits per heavy atom. The van der Waals surface area contributed by atoms with Crippen molar-refractivity contribution in [2.45, 2.75) is 33.2 Å². The fraction of sp³-hybridized carbons (Fsp3) is 0.346. The van der Waals surface area contributed by atoms with Gasteiger partial charge >= 0.3 is 5.97 Å². The summed E-state index contributed by atoms with van der Waals surface area (Å²) in [5.74, 6) is 1.08. The van der Waals surface area contributed by atoms with Gasteiger partial charge in [-0.15, -0.1) is 5.10 Å². The number of carbonyl (C=O) groups is 2. The highest BCUT2D eigenvalue weighted by molar-refractivity contribution is 7.00. The number of benzene rings is 2. The Bertz CT molecular complexity index is 1400. The minimum absolute atomic E-state index is 0.169. The van der Waals surface area contributed by atoms with Gasteiger partial charge in [-0.25, -0.2) is 9.48 Å². The summed E-state index contributed by atoms with van der Waals surface area (Å²) in [6.07, 6.45) is 1.17. The van der Waals surface area contributed by atoms with Gasteiger partial charge < -0.3 is 23.7 Å². The lowest BCUT2D eigenvalue weighted by Gasteiger charge is -2.14. The third-order valence-electron chi connectivity index (χ3n) is 5.51. The molecule has 0 N–H and O–H groups in total. The summed E-state index contributed by atoms with van der Waals surface area (Å²) in [7, 11) is 1.54. The molecule has 4 rings (SSSR count). The normalized spacial score (nSPS) is 10.8. The lowest BCUT2D eigenvalue weighted by Crippen LogP contribution is -2.16. The van der Waals surface area contributed by atoms with E-state index >= 15 is 0 Å². The van der Waals surface area contributed by atoms with Crippen molar-refractivity contribution in [1.82, 2.24) is 18.5 Å². The fourth-order valence-corrected chi connectivity index (χ4v) is 4.30. The van der Waals surface area contributed by atoms with E-state index in [2.05, 4.69) is 13.8 Å². The molecule has 0 radical (unpaired) electrons. The second-order valence-corrected chi connectivity index (χ2v) is 8.67. The predicted molar refractivity (Wildman–Crippen MR) is 139 cm³/mol. The molecule has 11 nitrogen and oxygen atoms in total. The van der Waals surface area contributed by atoms with Gasteiger partial charge in [0.25, 0.3) is 6.47 Å². The summed E-state index contributed by atoms with van der Waals surface area (Å²) in [6.45, 7) is 4.67. The molecule has 0 amide bonds. The van der Waals surface area contributed by atoms with Gasteiger partial charge in [0, 0.05) is 18.1 Å². The second kappa shape index (κ2) is 12.9. The van der Waals surface area contributed by atoms with Crippen LogP contribution < -0.4 is 18.9 Å². The number of methoxy groups -OCH3 is 1. The minimum atomic E-state index is -0.491. The van der Waals surface area contributed by atoms with Crippen LogP contribution in [-0.2, 0) is 27.3 Å². The molecule has 0 bridgehead atoms. The molecule has 0 unspecified atom stereocenters. The van der Waals surface area contributed by atoms with Gasteiger partial charge in [-0.3, -0.25) is 4.79 Å². The number of aromatic nitrogens is 4. The van der Waals surface area contributed by atoms with Crippen LogP contribution in [0.1, 0.15) is 37.0 Å². The Kier molecular flexibility index (Phi) is 9.09. The van der Waals surface area contributed by atoms with Crippen molar-refractivity contribution < 1.29 is 33.3 Å². The van der Waals surface area contributed by atoms with Crippen LogP contribution in [0, 0.1) is 0 Å². The zero-order valence-electron chi connectivity index (χ0n) is 21.3. The molecule has 2 aromatic heterocycles. The van der Waals surface area contributed by atoms with E-state index in [-0.39, 0.29) is 25.6 Å². The largest absolute Gasteiger partial charge is 0.497 e. The molecule has 0 fully saturated rings. The van der Waals surface area contributed by atoms with Crippen LogP contribution in [0.3, 0.4) is 0 Å². The van der Waals surface area contributed by atoms with Crippen molar-refractivity contribution in [2.24, 2.45) is 0 Å². The molecule has 0 saturated heterocycles. The minimum Gasteiger partial charge on any atom is -0.497 e. The summed E-state index contributed by atoms with van der Waals surface area (Å²) < 4.78 is 37.5. The van der Waals surface area contributed by atoms with E-state index in [9.17, 15) is 9.59 Å². The predicted octanol–water partition coefficient (Wildman–Crippen LogP) is 3.80. The first-order chi connectivity index (χ1) is 18.6. The SMILES string of the molecule is CCCOc1nn(Cc2ccc(OC)cc2OCC(=O)OCC)c(OC=O)c1Cc1ccc2nsnc2c1. The standard InChI is InChI=1S/C26H28N4O7S/c1-4-10-35-25-20(11-17-6-9-21-22(12-17)29-38-28-21)26(37-16-31)30(27-25)14-18-7-8-19(33-3)13-23(18)36-15-24(32)34-5-2/h6-9,12-13,16H,4-5,10-11,14-15H2,1-3H3. The van der Waals surface area contributed by atoms with Gasteiger partial charge in [0.1, 0.15) is 22.5 Å². The van der Waals surface area contributed by atoms with Crippen molar-refractivity contribution in [1.29, 1.82) is 0 Å². The van der Waals surface area contributed by atoms with Crippen LogP contribution in [-0.4, -0.2) is 57.9 Å². The smallest absolute Gasteiger partial charge is 0.344 e. The van der Waals surface area contributed by atoms with Crippen LogP contribution in [0.2, 0.25) is 0 Å². The van der Waals surface area contributed by atoms with Gasteiger partial charge in [-0.1, -0.05) is 13.0 Å². The number of rotatable bonds is 14. The number of esters is 1. The topological polar surface area (TPSA) is 124 Å². The number of ether oxygens (including phenoxy) is 5. The summed E-state index contributed by atoms with van der Waals surface area (Å²) >= 11 is 1.15. The molecule has 0 atom stereocenters. The summed E-state index contributed by atoms with van der Waals surface area (Å²) in [6, 6.07) is 11.0. The molecule has 200 valence electrons. The van der Waals surface area contributed by atoms with E-state index in [4.69, 9.17) is 23.7 Å². The molecule has 0 aliphatic rings.